The van der Waals surface area contributed by atoms with Crippen LogP contribution in [0.25, 0.3) is 0 Å². The van der Waals surface area contributed by atoms with Crippen LogP contribution < -0.4 is 0 Å². The van der Waals surface area contributed by atoms with Crippen LogP contribution in [-0.4, -0.2) is 0 Å². The van der Waals surface area contributed by atoms with Crippen LogP contribution in [-0.2, 0) is 21.1 Å². The SMILES string of the molecule is C.C.C.C.C.C.CC.CC.CC.CC.CC.CCC.CCC.[CH3-].[W]. The zero-order valence-electron chi connectivity index (χ0n) is 16.8. The molecule has 0 rings (SSSR count). The van der Waals surface area contributed by atoms with Gasteiger partial charge in [-0.3, -0.25) is 0 Å². The largest absolute Gasteiger partial charge is 0.358 e. The van der Waals surface area contributed by atoms with E-state index in [2.05, 4.69) is 27.7 Å². The van der Waals surface area contributed by atoms with Gasteiger partial charge in [-0.25, -0.2) is 0 Å². The van der Waals surface area contributed by atoms with E-state index in [4.69, 9.17) is 0 Å². The van der Waals surface area contributed by atoms with Crippen molar-refractivity contribution in [1.29, 1.82) is 0 Å². The van der Waals surface area contributed by atoms with Gasteiger partial charge in [-0.1, -0.05) is 154 Å². The van der Waals surface area contributed by atoms with Gasteiger partial charge in [0.1, 0.15) is 0 Å². The van der Waals surface area contributed by atoms with Crippen molar-refractivity contribution in [2.45, 2.75) is 154 Å². The zero-order valence-corrected chi connectivity index (χ0v) is 19.8. The quantitative estimate of drug-likeness (QED) is 0.272. The van der Waals surface area contributed by atoms with Gasteiger partial charge >= 0.3 is 0 Å². The fourth-order valence-corrected chi connectivity index (χ4v) is 0. The summed E-state index contributed by atoms with van der Waals surface area (Å²) in [7, 11) is 0. The summed E-state index contributed by atoms with van der Waals surface area (Å²) in [4.78, 5) is 0. The van der Waals surface area contributed by atoms with Crippen LogP contribution in [0, 0.1) is 7.43 Å². The molecule has 0 aromatic rings. The number of hydrogen-bond acceptors (Lipinski definition) is 0. The fraction of sp³-hybridized carbons (Fsp3) is 0.957. The van der Waals surface area contributed by atoms with Gasteiger partial charge in [0.2, 0.25) is 0 Å². The van der Waals surface area contributed by atoms with Gasteiger partial charge < -0.3 is 7.43 Å². The van der Waals surface area contributed by atoms with E-state index in [1.54, 1.807) is 0 Å². The summed E-state index contributed by atoms with van der Waals surface area (Å²) in [6.07, 6.45) is 2.50. The van der Waals surface area contributed by atoms with Gasteiger partial charge in [-0.05, 0) is 0 Å². The predicted octanol–water partition coefficient (Wildman–Crippen LogP) is 12.2. The van der Waals surface area contributed by atoms with E-state index in [9.17, 15) is 0 Å². The maximum Gasteiger partial charge on any atom is 0 e. The Labute approximate surface area is 182 Å². The molecule has 0 radical (unpaired) electrons. The molecule has 0 aromatic carbocycles. The van der Waals surface area contributed by atoms with E-state index < -0.39 is 0 Å². The molecule has 24 heavy (non-hydrogen) atoms. The van der Waals surface area contributed by atoms with Gasteiger partial charge in [-0.15, -0.1) is 0 Å². The van der Waals surface area contributed by atoms with Crippen molar-refractivity contribution in [1.82, 2.24) is 0 Å². The first-order valence-corrected chi connectivity index (χ1v) is 7.83. The molecule has 0 heterocycles. The van der Waals surface area contributed by atoms with Crippen molar-refractivity contribution in [3.8, 4) is 0 Å². The molecule has 0 aliphatic heterocycles. The van der Waals surface area contributed by atoms with Crippen LogP contribution >= 0.6 is 0 Å². The smallest absolute Gasteiger partial charge is 0 e. The third-order valence-electron chi connectivity index (χ3n) is 0. The van der Waals surface area contributed by atoms with Crippen LogP contribution in [0.5, 0.6) is 0 Å². The molecule has 0 aliphatic rings. The summed E-state index contributed by atoms with van der Waals surface area (Å²) < 4.78 is 0. The zero-order chi connectivity index (χ0) is 15.4. The Morgan fingerprint density at radius 2 is 0.333 bits per heavy atom. The number of rotatable bonds is 0. The van der Waals surface area contributed by atoms with E-state index in [0.717, 1.165) is 0 Å². The summed E-state index contributed by atoms with van der Waals surface area (Å²) in [5.41, 5.74) is 0. The second-order valence-electron chi connectivity index (χ2n) is 1.41. The monoisotopic (exact) mass is 534 g/mol. The summed E-state index contributed by atoms with van der Waals surface area (Å²) in [5.74, 6) is 0. The molecule has 0 saturated heterocycles. The van der Waals surface area contributed by atoms with Crippen molar-refractivity contribution < 1.29 is 21.1 Å². The topological polar surface area (TPSA) is 0 Å². The molecule has 0 amide bonds. The van der Waals surface area contributed by atoms with Gasteiger partial charge in [0.25, 0.3) is 0 Å². The Kier molecular flexibility index (Phi) is 10400. The Morgan fingerprint density at radius 1 is 0.333 bits per heavy atom. The molecule has 0 aromatic heterocycles. The maximum absolute atomic E-state index is 2.12. The average Bonchev–Trinajstić information content (AvgIpc) is 2.42. The fourth-order valence-electron chi connectivity index (χ4n) is 0. The standard InChI is InChI=1S/2C3H8.5C2H6.6CH4.CH3.W/c2*1-3-2;5*1-2;;;;;;;;/h2*3H2,1-2H3;5*1-2H3;6*1H4;1H3;/q;;;;;;;;;;;;;-1;. The minimum atomic E-state index is 0. The van der Waals surface area contributed by atoms with Crippen molar-refractivity contribution >= 4 is 0 Å². The molecule has 0 N–H and O–H groups in total. The Hall–Kier alpha value is 0.688. The Bertz CT molecular complexity index is 8.00. The molecule has 1 heteroatoms. The van der Waals surface area contributed by atoms with Crippen molar-refractivity contribution in [2.75, 3.05) is 0 Å². The van der Waals surface area contributed by atoms with E-state index in [-0.39, 0.29) is 73.1 Å². The second-order valence-corrected chi connectivity index (χ2v) is 1.41. The van der Waals surface area contributed by atoms with Crippen LogP contribution in [0.15, 0.2) is 0 Å². The minimum Gasteiger partial charge on any atom is -0.358 e. The summed E-state index contributed by atoms with van der Waals surface area (Å²) in [6, 6.07) is 0. The Morgan fingerprint density at radius 3 is 0.333 bits per heavy atom. The van der Waals surface area contributed by atoms with E-state index >= 15 is 0 Å². The van der Waals surface area contributed by atoms with Gasteiger partial charge in [0.05, 0.1) is 0 Å². The molecule has 0 unspecified atom stereocenters. The normalized spacial score (nSPS) is 2.75. The van der Waals surface area contributed by atoms with Gasteiger partial charge in [0, 0.05) is 21.1 Å². The average molecular weight is 534 g/mol. The van der Waals surface area contributed by atoms with Crippen LogP contribution in [0.4, 0.5) is 0 Å². The van der Waals surface area contributed by atoms with Crippen LogP contribution in [0.3, 0.4) is 0 Å². The molecule has 0 aliphatic carbocycles. The maximum atomic E-state index is 2.12. The molecule has 0 atom stereocenters. The van der Waals surface area contributed by atoms with E-state index in [1.807, 2.05) is 69.2 Å². The van der Waals surface area contributed by atoms with E-state index in [1.165, 1.54) is 12.8 Å². The molecule has 0 spiro atoms. The first-order chi connectivity index (χ1) is 7.83. The molecule has 0 fully saturated rings. The molecule has 0 saturated carbocycles. The summed E-state index contributed by atoms with van der Waals surface area (Å²) in [5, 5.41) is 0. The van der Waals surface area contributed by atoms with Gasteiger partial charge in [0.15, 0.2) is 0 Å². The van der Waals surface area contributed by atoms with Crippen LogP contribution in [0.2, 0.25) is 0 Å². The van der Waals surface area contributed by atoms with Crippen molar-refractivity contribution in [3.05, 3.63) is 7.43 Å². The minimum absolute atomic E-state index is 0. The number of hydrogen-bond donors (Lipinski definition) is 0. The molecule has 0 nitrogen and oxygen atoms in total. The molecular formula is C23H73W-. The first-order valence-electron chi connectivity index (χ1n) is 7.83. The summed E-state index contributed by atoms with van der Waals surface area (Å²) in [6.45, 7) is 28.5. The molecule has 0 bridgehead atoms. The third kappa shape index (κ3) is 22500. The molecule has 172 valence electrons. The van der Waals surface area contributed by atoms with Gasteiger partial charge in [-0.2, -0.15) is 0 Å². The van der Waals surface area contributed by atoms with Crippen molar-refractivity contribution in [3.63, 3.8) is 0 Å². The van der Waals surface area contributed by atoms with E-state index in [0.29, 0.717) is 0 Å². The second kappa shape index (κ2) is 1690. The van der Waals surface area contributed by atoms with Crippen LogP contribution in [0.1, 0.15) is 154 Å². The molecular weight excluding hydrogens is 460 g/mol. The van der Waals surface area contributed by atoms with Crippen molar-refractivity contribution in [2.24, 2.45) is 0 Å². The first kappa shape index (κ1) is 148. The Balaban J connectivity index is -0.00000000289. The predicted molar refractivity (Wildman–Crippen MR) is 135 cm³/mol. The third-order valence-corrected chi connectivity index (χ3v) is 0. The summed E-state index contributed by atoms with van der Waals surface area (Å²) >= 11 is 0.